The lowest BCUT2D eigenvalue weighted by Gasteiger charge is -2.41. The highest BCUT2D eigenvalue weighted by Gasteiger charge is 2.54. The lowest BCUT2D eigenvalue weighted by atomic mass is 9.89. The van der Waals surface area contributed by atoms with Crippen molar-refractivity contribution in [2.45, 2.75) is 77.0 Å². The zero-order chi connectivity index (χ0) is 13.7. The minimum atomic E-state index is -0.870. The van der Waals surface area contributed by atoms with Crippen LogP contribution < -0.4 is 0 Å². The van der Waals surface area contributed by atoms with Crippen LogP contribution in [0.4, 0.5) is 0 Å². The summed E-state index contributed by atoms with van der Waals surface area (Å²) in [6.45, 7) is 9.31. The Kier molecular flexibility index (Phi) is 3.73. The van der Waals surface area contributed by atoms with E-state index in [9.17, 15) is 10.2 Å². The number of rotatable bonds is 2. The molecule has 18 heavy (non-hydrogen) atoms. The van der Waals surface area contributed by atoms with E-state index >= 15 is 0 Å². The molecule has 0 radical (unpaired) electrons. The van der Waals surface area contributed by atoms with Crippen molar-refractivity contribution in [2.75, 3.05) is 0 Å². The molecule has 0 amide bonds. The van der Waals surface area contributed by atoms with Gasteiger partial charge in [-0.1, -0.05) is 13.8 Å². The number of hydrogen-bond donors (Lipinski definition) is 2. The molecule has 0 aromatic heterocycles. The molecule has 2 fully saturated rings. The summed E-state index contributed by atoms with van der Waals surface area (Å²) in [7, 11) is 0. The molecule has 0 bridgehead atoms. The normalized spacial score (nSPS) is 45.0. The molecular weight excluding hydrogens is 236 g/mol. The van der Waals surface area contributed by atoms with Crippen molar-refractivity contribution >= 4 is 0 Å². The van der Waals surface area contributed by atoms with Gasteiger partial charge in [-0.25, -0.2) is 0 Å². The minimum Gasteiger partial charge on any atom is -0.390 e. The molecule has 0 spiro atoms. The fourth-order valence-corrected chi connectivity index (χ4v) is 2.70. The standard InChI is InChI=1S/C13H24O5/c1-6(2)8(14)11-9(15)12-10(7(3)16-11)17-13(4,5)18-12/h6-12,14-15H,1-5H3/t7-,8?,9+,10+,11-,12-/m0/s1. The van der Waals surface area contributed by atoms with Crippen LogP contribution in [0.2, 0.25) is 0 Å². The Balaban J connectivity index is 2.16. The fraction of sp³-hybridized carbons (Fsp3) is 1.00. The fourth-order valence-electron chi connectivity index (χ4n) is 2.70. The highest BCUT2D eigenvalue weighted by molar-refractivity contribution is 4.99. The third-order valence-corrected chi connectivity index (χ3v) is 3.69. The Morgan fingerprint density at radius 3 is 2.22 bits per heavy atom. The number of fused-ring (bicyclic) bond motifs is 1. The SMILES string of the molecule is CC(C)C(O)[C@@H]1O[C@@H](C)[C@H]2OC(C)(C)O[C@H]2[C@@H]1O. The molecule has 2 aliphatic rings. The van der Waals surface area contributed by atoms with Gasteiger partial charge in [0.25, 0.3) is 0 Å². The second-order valence-electron chi connectivity index (χ2n) is 6.10. The third kappa shape index (κ3) is 2.42. The summed E-state index contributed by atoms with van der Waals surface area (Å²) < 4.78 is 17.2. The van der Waals surface area contributed by atoms with Gasteiger partial charge in [-0.3, -0.25) is 0 Å². The maximum absolute atomic E-state index is 10.3. The van der Waals surface area contributed by atoms with Crippen LogP contribution in [0.5, 0.6) is 0 Å². The maximum atomic E-state index is 10.3. The molecule has 0 aromatic rings. The van der Waals surface area contributed by atoms with Crippen molar-refractivity contribution in [3.63, 3.8) is 0 Å². The predicted octanol–water partition coefficient (Wildman–Crippen LogP) is 0.672. The van der Waals surface area contributed by atoms with Crippen LogP contribution in [-0.2, 0) is 14.2 Å². The summed E-state index contributed by atoms with van der Waals surface area (Å²) in [4.78, 5) is 0. The average Bonchev–Trinajstić information content (AvgIpc) is 2.59. The van der Waals surface area contributed by atoms with Crippen molar-refractivity contribution in [1.82, 2.24) is 0 Å². The second-order valence-corrected chi connectivity index (χ2v) is 6.10. The molecule has 5 nitrogen and oxygen atoms in total. The van der Waals surface area contributed by atoms with Gasteiger partial charge in [0, 0.05) is 0 Å². The molecule has 106 valence electrons. The topological polar surface area (TPSA) is 68.2 Å². The van der Waals surface area contributed by atoms with Crippen molar-refractivity contribution in [1.29, 1.82) is 0 Å². The van der Waals surface area contributed by atoms with Gasteiger partial charge in [0.2, 0.25) is 0 Å². The summed E-state index contributed by atoms with van der Waals surface area (Å²) in [5, 5.41) is 20.4. The van der Waals surface area contributed by atoms with Gasteiger partial charge in [-0.05, 0) is 26.7 Å². The summed E-state index contributed by atoms with van der Waals surface area (Å²) in [5.41, 5.74) is 0. The van der Waals surface area contributed by atoms with E-state index < -0.39 is 30.2 Å². The first-order valence-electron chi connectivity index (χ1n) is 6.60. The van der Waals surface area contributed by atoms with Crippen molar-refractivity contribution < 1.29 is 24.4 Å². The van der Waals surface area contributed by atoms with Gasteiger partial charge >= 0.3 is 0 Å². The molecular formula is C13H24O5. The zero-order valence-electron chi connectivity index (χ0n) is 11.7. The summed E-state index contributed by atoms with van der Waals surface area (Å²) >= 11 is 0. The van der Waals surface area contributed by atoms with Crippen LogP contribution in [0, 0.1) is 5.92 Å². The second kappa shape index (κ2) is 4.72. The first kappa shape index (κ1) is 14.2. The van der Waals surface area contributed by atoms with E-state index in [1.165, 1.54) is 0 Å². The zero-order valence-corrected chi connectivity index (χ0v) is 11.7. The predicted molar refractivity (Wildman–Crippen MR) is 65.0 cm³/mol. The molecule has 1 unspecified atom stereocenters. The summed E-state index contributed by atoms with van der Waals surface area (Å²) in [6, 6.07) is 0. The molecule has 2 N–H and O–H groups in total. The van der Waals surface area contributed by atoms with E-state index in [-0.39, 0.29) is 18.1 Å². The third-order valence-electron chi connectivity index (χ3n) is 3.69. The number of aliphatic hydroxyl groups excluding tert-OH is 2. The molecule has 2 aliphatic heterocycles. The maximum Gasteiger partial charge on any atom is 0.164 e. The van der Waals surface area contributed by atoms with Gasteiger partial charge in [0.1, 0.15) is 24.4 Å². The van der Waals surface area contributed by atoms with Crippen LogP contribution in [0.3, 0.4) is 0 Å². The Hall–Kier alpha value is -0.200. The Morgan fingerprint density at radius 1 is 1.11 bits per heavy atom. The molecule has 6 atom stereocenters. The van der Waals surface area contributed by atoms with Crippen molar-refractivity contribution in [3.05, 3.63) is 0 Å². The van der Waals surface area contributed by atoms with Gasteiger partial charge in [-0.2, -0.15) is 0 Å². The van der Waals surface area contributed by atoms with E-state index in [0.717, 1.165) is 0 Å². The molecule has 2 heterocycles. The van der Waals surface area contributed by atoms with Gasteiger partial charge in [-0.15, -0.1) is 0 Å². The molecule has 2 saturated heterocycles. The van der Waals surface area contributed by atoms with E-state index in [1.807, 2.05) is 34.6 Å². The molecule has 0 aliphatic carbocycles. The van der Waals surface area contributed by atoms with Gasteiger partial charge in [0.15, 0.2) is 5.79 Å². The molecule has 0 saturated carbocycles. The highest BCUT2D eigenvalue weighted by Crippen LogP contribution is 2.38. The molecule has 0 aromatic carbocycles. The lowest BCUT2D eigenvalue weighted by Crippen LogP contribution is -2.59. The first-order valence-corrected chi connectivity index (χ1v) is 6.60. The number of hydrogen-bond acceptors (Lipinski definition) is 5. The van der Waals surface area contributed by atoms with E-state index in [4.69, 9.17) is 14.2 Å². The summed E-state index contributed by atoms with van der Waals surface area (Å²) in [5.74, 6) is -0.699. The molecule has 2 rings (SSSR count). The monoisotopic (exact) mass is 260 g/mol. The number of aliphatic hydroxyl groups is 2. The van der Waals surface area contributed by atoms with Crippen LogP contribution >= 0.6 is 0 Å². The van der Waals surface area contributed by atoms with E-state index in [2.05, 4.69) is 0 Å². The minimum absolute atomic E-state index is 0.0173. The van der Waals surface area contributed by atoms with Gasteiger partial charge in [0.05, 0.1) is 12.2 Å². The first-order chi connectivity index (χ1) is 8.23. The van der Waals surface area contributed by atoms with Crippen LogP contribution in [0.1, 0.15) is 34.6 Å². The highest BCUT2D eigenvalue weighted by atomic mass is 16.8. The quantitative estimate of drug-likeness (QED) is 0.764. The molecule has 5 heteroatoms. The van der Waals surface area contributed by atoms with E-state index in [1.54, 1.807) is 0 Å². The Labute approximate surface area is 108 Å². The average molecular weight is 260 g/mol. The lowest BCUT2D eigenvalue weighted by molar-refractivity contribution is -0.215. The smallest absolute Gasteiger partial charge is 0.164 e. The van der Waals surface area contributed by atoms with Crippen LogP contribution in [0.15, 0.2) is 0 Å². The van der Waals surface area contributed by atoms with Crippen LogP contribution in [-0.4, -0.2) is 52.6 Å². The Morgan fingerprint density at radius 2 is 1.67 bits per heavy atom. The largest absolute Gasteiger partial charge is 0.390 e. The Bertz CT molecular complexity index is 302. The van der Waals surface area contributed by atoms with Crippen LogP contribution in [0.25, 0.3) is 0 Å². The van der Waals surface area contributed by atoms with Crippen molar-refractivity contribution in [3.8, 4) is 0 Å². The summed E-state index contributed by atoms with van der Waals surface area (Å²) in [6.07, 6.45) is -3.15. The van der Waals surface area contributed by atoms with Gasteiger partial charge < -0.3 is 24.4 Å². The van der Waals surface area contributed by atoms with Crippen molar-refractivity contribution in [2.24, 2.45) is 5.92 Å². The number of ether oxygens (including phenoxy) is 3. The van der Waals surface area contributed by atoms with E-state index in [0.29, 0.717) is 0 Å².